The first-order valence-electron chi connectivity index (χ1n) is 12.8. The predicted octanol–water partition coefficient (Wildman–Crippen LogP) is 7.12. The Kier molecular flexibility index (Phi) is 7.03. The number of nitrogens with zero attached hydrogens (tertiary/aromatic N) is 1. The molecule has 0 aliphatic heterocycles. The molecule has 182 valence electrons. The van der Waals surface area contributed by atoms with Crippen molar-refractivity contribution in [3.8, 4) is 17.2 Å². The third-order valence-electron chi connectivity index (χ3n) is 7.33. The van der Waals surface area contributed by atoms with Gasteiger partial charge in [0.05, 0.1) is 18.7 Å². The van der Waals surface area contributed by atoms with E-state index in [-0.39, 0.29) is 6.42 Å². The van der Waals surface area contributed by atoms with Crippen molar-refractivity contribution in [2.75, 3.05) is 6.61 Å². The quantitative estimate of drug-likeness (QED) is 0.378. The zero-order valence-electron chi connectivity index (χ0n) is 20.4. The number of aromatic nitrogens is 1. The van der Waals surface area contributed by atoms with E-state index in [1.807, 2.05) is 31.2 Å². The number of carboxylic acid groups (broad SMARTS) is 1. The Balaban J connectivity index is 1.23. The number of oxazole rings is 1. The first-order valence-corrected chi connectivity index (χ1v) is 12.8. The number of carbonyl (C=O) groups is 1. The molecule has 2 aromatic carbocycles. The molecule has 0 saturated heterocycles. The molecule has 5 rings (SSSR count). The molecule has 0 radical (unpaired) electrons. The average Bonchev–Trinajstić information content (AvgIpc) is 3.25. The second-order valence-electron chi connectivity index (χ2n) is 9.70. The molecule has 1 N–H and O–H groups in total. The number of hydrogen-bond donors (Lipinski definition) is 1. The number of allylic oxidation sites excluding steroid dienone is 1. The average molecular weight is 472 g/mol. The first-order chi connectivity index (χ1) is 17.1. The highest BCUT2D eigenvalue weighted by atomic mass is 16.5. The monoisotopic (exact) mass is 471 g/mol. The van der Waals surface area contributed by atoms with Crippen molar-refractivity contribution in [2.24, 2.45) is 0 Å². The minimum absolute atomic E-state index is 0.0407. The summed E-state index contributed by atoms with van der Waals surface area (Å²) in [4.78, 5) is 16.0. The third kappa shape index (κ3) is 5.34. The van der Waals surface area contributed by atoms with Gasteiger partial charge in [-0.1, -0.05) is 49.6 Å². The van der Waals surface area contributed by atoms with Crippen LogP contribution in [0, 0.1) is 6.92 Å². The number of fused-ring (bicyclic) bond motifs is 1. The van der Waals surface area contributed by atoms with Crippen molar-refractivity contribution in [3.63, 3.8) is 0 Å². The van der Waals surface area contributed by atoms with Crippen LogP contribution in [0.25, 0.3) is 17.0 Å². The van der Waals surface area contributed by atoms with Gasteiger partial charge in [0.15, 0.2) is 0 Å². The number of aliphatic carboxylic acids is 1. The number of rotatable bonds is 8. The fourth-order valence-electron chi connectivity index (χ4n) is 5.47. The standard InChI is InChI=1S/C30H33NO4/c1-20-27(31-30(35-20)23-15-13-22(14-16-23)21-7-3-2-4-8-21)17-18-34-28-12-6-10-25-24(19-29(32)33)9-5-11-26(25)28/h6,9-10,12-16,21H,2-5,7-8,11,17-19H2,1H3,(H,32,33). The van der Waals surface area contributed by atoms with Crippen LogP contribution in [0.2, 0.25) is 0 Å². The van der Waals surface area contributed by atoms with Crippen LogP contribution in [-0.4, -0.2) is 22.7 Å². The van der Waals surface area contributed by atoms with Gasteiger partial charge in [-0.25, -0.2) is 4.98 Å². The lowest BCUT2D eigenvalue weighted by Crippen LogP contribution is -2.09. The van der Waals surface area contributed by atoms with Gasteiger partial charge in [0.2, 0.25) is 5.89 Å². The van der Waals surface area contributed by atoms with E-state index in [2.05, 4.69) is 24.3 Å². The maximum Gasteiger partial charge on any atom is 0.307 e. The largest absolute Gasteiger partial charge is 0.493 e. The van der Waals surface area contributed by atoms with Crippen molar-refractivity contribution >= 4 is 11.5 Å². The molecule has 5 heteroatoms. The molecule has 2 aliphatic rings. The fourth-order valence-corrected chi connectivity index (χ4v) is 5.47. The van der Waals surface area contributed by atoms with E-state index < -0.39 is 5.97 Å². The molecule has 0 bridgehead atoms. The van der Waals surface area contributed by atoms with E-state index in [0.29, 0.717) is 24.8 Å². The summed E-state index contributed by atoms with van der Waals surface area (Å²) in [6, 6.07) is 14.6. The molecule has 3 aromatic rings. The van der Waals surface area contributed by atoms with Crippen LogP contribution < -0.4 is 4.74 Å². The molecule has 0 spiro atoms. The van der Waals surface area contributed by atoms with E-state index in [1.165, 1.54) is 37.7 Å². The number of benzene rings is 2. The van der Waals surface area contributed by atoms with Gasteiger partial charge in [0.25, 0.3) is 0 Å². The van der Waals surface area contributed by atoms with Crippen LogP contribution in [0.4, 0.5) is 0 Å². The van der Waals surface area contributed by atoms with E-state index in [0.717, 1.165) is 52.3 Å². The maximum absolute atomic E-state index is 11.2. The van der Waals surface area contributed by atoms with Crippen molar-refractivity contribution in [2.45, 2.75) is 70.6 Å². The molecular weight excluding hydrogens is 438 g/mol. The number of carboxylic acids is 1. The van der Waals surface area contributed by atoms with Crippen LogP contribution in [0.3, 0.4) is 0 Å². The number of hydrogen-bond acceptors (Lipinski definition) is 4. The Morgan fingerprint density at radius 3 is 2.69 bits per heavy atom. The second-order valence-corrected chi connectivity index (χ2v) is 9.70. The Morgan fingerprint density at radius 2 is 1.91 bits per heavy atom. The van der Waals surface area contributed by atoms with E-state index >= 15 is 0 Å². The smallest absolute Gasteiger partial charge is 0.307 e. The highest BCUT2D eigenvalue weighted by Crippen LogP contribution is 2.35. The zero-order valence-corrected chi connectivity index (χ0v) is 20.4. The van der Waals surface area contributed by atoms with Crippen molar-refractivity contribution in [1.82, 2.24) is 4.98 Å². The third-order valence-corrected chi connectivity index (χ3v) is 7.33. The lowest BCUT2D eigenvalue weighted by atomic mass is 9.84. The van der Waals surface area contributed by atoms with Crippen LogP contribution in [-0.2, 0) is 17.6 Å². The predicted molar refractivity (Wildman–Crippen MR) is 137 cm³/mol. The number of ether oxygens (including phenoxy) is 1. The summed E-state index contributed by atoms with van der Waals surface area (Å²) in [5, 5.41) is 9.22. The minimum Gasteiger partial charge on any atom is -0.493 e. The molecule has 1 heterocycles. The van der Waals surface area contributed by atoms with E-state index in [1.54, 1.807) is 0 Å². The zero-order chi connectivity index (χ0) is 24.2. The topological polar surface area (TPSA) is 72.6 Å². The number of aryl methyl sites for hydroxylation is 1. The van der Waals surface area contributed by atoms with Crippen LogP contribution in [0.5, 0.6) is 5.75 Å². The normalized spacial score (nSPS) is 16.0. The molecule has 0 amide bonds. The van der Waals surface area contributed by atoms with E-state index in [9.17, 15) is 9.90 Å². The second kappa shape index (κ2) is 10.5. The van der Waals surface area contributed by atoms with Gasteiger partial charge in [0.1, 0.15) is 11.5 Å². The van der Waals surface area contributed by atoms with Crippen LogP contribution in [0.15, 0.2) is 53.0 Å². The summed E-state index contributed by atoms with van der Waals surface area (Å²) < 4.78 is 12.2. The van der Waals surface area contributed by atoms with Gasteiger partial charge in [-0.15, -0.1) is 0 Å². The van der Waals surface area contributed by atoms with Gasteiger partial charge in [-0.2, -0.15) is 0 Å². The summed E-state index contributed by atoms with van der Waals surface area (Å²) >= 11 is 0. The SMILES string of the molecule is Cc1oc(-c2ccc(C3CCCCC3)cc2)nc1CCOc1cccc2c1CCC=C2CC(=O)O. The Bertz CT molecular complexity index is 1220. The highest BCUT2D eigenvalue weighted by Gasteiger charge is 2.19. The van der Waals surface area contributed by atoms with Gasteiger partial charge in [0, 0.05) is 17.5 Å². The molecule has 0 atom stereocenters. The molecule has 2 aliphatic carbocycles. The van der Waals surface area contributed by atoms with Gasteiger partial charge < -0.3 is 14.3 Å². The van der Waals surface area contributed by atoms with Crippen molar-refractivity contribution in [3.05, 3.63) is 76.7 Å². The van der Waals surface area contributed by atoms with Crippen LogP contribution >= 0.6 is 0 Å². The summed E-state index contributed by atoms with van der Waals surface area (Å²) in [7, 11) is 0. The summed E-state index contributed by atoms with van der Waals surface area (Å²) in [5.41, 5.74) is 6.31. The first kappa shape index (κ1) is 23.4. The minimum atomic E-state index is -0.809. The van der Waals surface area contributed by atoms with Crippen molar-refractivity contribution in [1.29, 1.82) is 0 Å². The van der Waals surface area contributed by atoms with Crippen LogP contribution in [0.1, 0.15) is 79.0 Å². The van der Waals surface area contributed by atoms with Gasteiger partial charge in [-0.3, -0.25) is 4.79 Å². The Labute approximate surface area is 206 Å². The molecule has 35 heavy (non-hydrogen) atoms. The fraction of sp³-hybridized carbons (Fsp3) is 0.400. The molecule has 0 unspecified atom stereocenters. The molecule has 1 aromatic heterocycles. The van der Waals surface area contributed by atoms with Crippen molar-refractivity contribution < 1.29 is 19.1 Å². The maximum atomic E-state index is 11.2. The lowest BCUT2D eigenvalue weighted by Gasteiger charge is -2.21. The Morgan fingerprint density at radius 1 is 1.11 bits per heavy atom. The molecule has 1 saturated carbocycles. The molecule has 5 nitrogen and oxygen atoms in total. The van der Waals surface area contributed by atoms with Gasteiger partial charge in [-0.05, 0) is 73.4 Å². The molecular formula is C30H33NO4. The molecule has 1 fully saturated rings. The van der Waals surface area contributed by atoms with Gasteiger partial charge >= 0.3 is 5.97 Å². The highest BCUT2D eigenvalue weighted by molar-refractivity contribution is 5.86. The lowest BCUT2D eigenvalue weighted by molar-refractivity contribution is -0.135. The summed E-state index contributed by atoms with van der Waals surface area (Å²) in [6.07, 6.45) is 11.0. The van der Waals surface area contributed by atoms with E-state index in [4.69, 9.17) is 14.1 Å². The summed E-state index contributed by atoms with van der Waals surface area (Å²) in [6.45, 7) is 2.44. The Hall–Kier alpha value is -3.34. The summed E-state index contributed by atoms with van der Waals surface area (Å²) in [5.74, 6) is 2.20.